The molecule has 1 amide bonds. The summed E-state index contributed by atoms with van der Waals surface area (Å²) in [4.78, 5) is 22.5. The lowest BCUT2D eigenvalue weighted by Crippen LogP contribution is -2.15. The Labute approximate surface area is 119 Å². The quantitative estimate of drug-likeness (QED) is 0.668. The number of benzene rings is 1. The molecule has 0 saturated heterocycles. The summed E-state index contributed by atoms with van der Waals surface area (Å²) in [6, 6.07) is 4.20. The van der Waals surface area contributed by atoms with Crippen molar-refractivity contribution in [3.8, 4) is 0 Å². The molecule has 104 valence electrons. The molecule has 2 rings (SSSR count). The molecule has 2 aromatic rings. The van der Waals surface area contributed by atoms with E-state index >= 15 is 0 Å². The smallest absolute Gasteiger partial charge is 0.300 e. The Morgan fingerprint density at radius 2 is 2.30 bits per heavy atom. The van der Waals surface area contributed by atoms with Gasteiger partial charge in [0.05, 0.1) is 11.1 Å². The lowest BCUT2D eigenvalue weighted by molar-refractivity contribution is -0.385. The van der Waals surface area contributed by atoms with Gasteiger partial charge in [0, 0.05) is 5.56 Å². The first kappa shape index (κ1) is 14.0. The summed E-state index contributed by atoms with van der Waals surface area (Å²) in [5.74, 6) is -0.190. The number of aryl methyl sites for hydroxylation is 1. The molecule has 0 atom stereocenters. The summed E-state index contributed by atoms with van der Waals surface area (Å²) in [6.07, 6.45) is 2.26. The summed E-state index contributed by atoms with van der Waals surface area (Å²) in [7, 11) is 0. The molecule has 8 heteroatoms. The number of nitrogens with zero attached hydrogens (tertiary/aromatic N) is 2. The van der Waals surface area contributed by atoms with Gasteiger partial charge in [-0.1, -0.05) is 24.6 Å². The van der Waals surface area contributed by atoms with Gasteiger partial charge in [-0.15, -0.1) is 0 Å². The van der Waals surface area contributed by atoms with Crippen molar-refractivity contribution in [1.29, 1.82) is 0 Å². The maximum Gasteiger partial charge on any atom is 0.300 e. The number of aromatic amines is 1. The predicted octanol–water partition coefficient (Wildman–Crippen LogP) is 2.79. The van der Waals surface area contributed by atoms with E-state index in [2.05, 4.69) is 15.5 Å². The van der Waals surface area contributed by atoms with E-state index in [0.717, 1.165) is 5.56 Å². The van der Waals surface area contributed by atoms with Gasteiger partial charge in [-0.2, -0.15) is 5.10 Å². The van der Waals surface area contributed by atoms with E-state index in [1.807, 2.05) is 6.92 Å². The number of hydrogen-bond acceptors (Lipinski definition) is 4. The van der Waals surface area contributed by atoms with Crippen molar-refractivity contribution in [2.24, 2.45) is 0 Å². The van der Waals surface area contributed by atoms with E-state index in [1.165, 1.54) is 18.2 Å². The molecule has 1 heterocycles. The molecule has 20 heavy (non-hydrogen) atoms. The number of amides is 1. The second-order valence-corrected chi connectivity index (χ2v) is 4.38. The van der Waals surface area contributed by atoms with E-state index in [9.17, 15) is 14.9 Å². The van der Waals surface area contributed by atoms with Crippen LogP contribution in [0.2, 0.25) is 5.02 Å². The van der Waals surface area contributed by atoms with Crippen molar-refractivity contribution >= 4 is 29.0 Å². The Bertz CT molecular complexity index is 668. The van der Waals surface area contributed by atoms with Gasteiger partial charge >= 0.3 is 5.69 Å². The summed E-state index contributed by atoms with van der Waals surface area (Å²) >= 11 is 5.77. The van der Waals surface area contributed by atoms with Gasteiger partial charge in [0.15, 0.2) is 0 Å². The number of nitro groups is 1. The third-order valence-electron chi connectivity index (χ3n) is 2.75. The van der Waals surface area contributed by atoms with E-state index in [4.69, 9.17) is 11.6 Å². The normalized spacial score (nSPS) is 10.3. The zero-order chi connectivity index (χ0) is 14.7. The number of nitro benzene ring substituents is 1. The molecular weight excluding hydrogens is 284 g/mol. The monoisotopic (exact) mass is 294 g/mol. The molecule has 0 fully saturated rings. The molecule has 1 aromatic heterocycles. The Morgan fingerprint density at radius 1 is 1.55 bits per heavy atom. The summed E-state index contributed by atoms with van der Waals surface area (Å²) < 4.78 is 0. The van der Waals surface area contributed by atoms with Crippen LogP contribution in [0, 0.1) is 10.1 Å². The summed E-state index contributed by atoms with van der Waals surface area (Å²) in [5, 5.41) is 19.9. The minimum absolute atomic E-state index is 0.0806. The number of rotatable bonds is 4. The van der Waals surface area contributed by atoms with Crippen LogP contribution in [0.3, 0.4) is 0 Å². The molecule has 0 spiro atoms. The van der Waals surface area contributed by atoms with E-state index < -0.39 is 16.5 Å². The number of halogens is 1. The maximum atomic E-state index is 12.1. The molecule has 0 unspecified atom stereocenters. The van der Waals surface area contributed by atoms with Crippen molar-refractivity contribution in [2.45, 2.75) is 13.3 Å². The molecular formula is C12H11ClN4O3. The second-order valence-electron chi connectivity index (χ2n) is 3.97. The fourth-order valence-electron chi connectivity index (χ4n) is 1.75. The number of anilines is 1. The van der Waals surface area contributed by atoms with Crippen LogP contribution < -0.4 is 5.32 Å². The van der Waals surface area contributed by atoms with Gasteiger partial charge in [0.1, 0.15) is 16.4 Å². The van der Waals surface area contributed by atoms with Gasteiger partial charge in [-0.05, 0) is 18.6 Å². The van der Waals surface area contributed by atoms with E-state index in [1.54, 1.807) is 6.20 Å². The highest BCUT2D eigenvalue weighted by Crippen LogP contribution is 2.28. The number of carbonyl (C=O) groups is 1. The average Bonchev–Trinajstić information content (AvgIpc) is 2.85. The van der Waals surface area contributed by atoms with Crippen molar-refractivity contribution < 1.29 is 9.72 Å². The molecule has 0 aliphatic rings. The minimum atomic E-state index is -0.676. The number of para-hydroxylation sites is 1. The lowest BCUT2D eigenvalue weighted by atomic mass is 10.1. The molecule has 0 aliphatic carbocycles. The van der Waals surface area contributed by atoms with Gasteiger partial charge < -0.3 is 5.32 Å². The third kappa shape index (κ3) is 2.62. The highest BCUT2D eigenvalue weighted by molar-refractivity contribution is 6.33. The van der Waals surface area contributed by atoms with E-state index in [-0.39, 0.29) is 10.6 Å². The van der Waals surface area contributed by atoms with Gasteiger partial charge in [-0.3, -0.25) is 20.0 Å². The highest BCUT2D eigenvalue weighted by atomic mass is 35.5. The van der Waals surface area contributed by atoms with Crippen molar-refractivity contribution in [1.82, 2.24) is 10.2 Å². The zero-order valence-corrected chi connectivity index (χ0v) is 11.3. The zero-order valence-electron chi connectivity index (χ0n) is 10.5. The van der Waals surface area contributed by atoms with Gasteiger partial charge in [0.2, 0.25) is 0 Å². The molecule has 0 aliphatic heterocycles. The Morgan fingerprint density at radius 3 is 2.95 bits per heavy atom. The maximum absolute atomic E-state index is 12.1. The molecule has 0 radical (unpaired) electrons. The third-order valence-corrected chi connectivity index (χ3v) is 3.06. The van der Waals surface area contributed by atoms with Gasteiger partial charge in [0.25, 0.3) is 5.91 Å². The first-order chi connectivity index (χ1) is 9.54. The molecule has 2 N–H and O–H groups in total. The number of hydrogen-bond donors (Lipinski definition) is 2. The molecule has 1 aromatic carbocycles. The van der Waals surface area contributed by atoms with Gasteiger partial charge in [-0.25, -0.2) is 0 Å². The van der Waals surface area contributed by atoms with Crippen molar-refractivity contribution in [2.75, 3.05) is 5.32 Å². The molecule has 0 bridgehead atoms. The van der Waals surface area contributed by atoms with Crippen LogP contribution in [0.5, 0.6) is 0 Å². The van der Waals surface area contributed by atoms with Crippen molar-refractivity contribution in [3.05, 3.63) is 50.7 Å². The Kier molecular flexibility index (Phi) is 3.99. The minimum Gasteiger partial charge on any atom is -0.306 e. The Balaban J connectivity index is 2.35. The Hall–Kier alpha value is -2.41. The second kappa shape index (κ2) is 5.70. The number of H-pyrrole nitrogens is 1. The van der Waals surface area contributed by atoms with Crippen LogP contribution in [0.15, 0.2) is 24.4 Å². The van der Waals surface area contributed by atoms with Crippen LogP contribution in [0.1, 0.15) is 22.8 Å². The van der Waals surface area contributed by atoms with E-state index in [0.29, 0.717) is 12.2 Å². The average molecular weight is 295 g/mol. The highest BCUT2D eigenvalue weighted by Gasteiger charge is 2.24. The molecule has 0 saturated carbocycles. The SMILES string of the molecule is CCc1cn[nH]c1NC(=O)c1cccc(Cl)c1[N+](=O)[O-]. The standard InChI is InChI=1S/C12H11ClN4O3/c1-2-7-6-14-16-11(7)15-12(18)8-4-3-5-9(13)10(8)17(19)20/h3-6H,2H2,1H3,(H2,14,15,16,18). The van der Waals surface area contributed by atoms with Crippen LogP contribution in [-0.4, -0.2) is 21.0 Å². The lowest BCUT2D eigenvalue weighted by Gasteiger charge is -2.06. The summed E-state index contributed by atoms with van der Waals surface area (Å²) in [5.41, 5.74) is 0.298. The van der Waals surface area contributed by atoms with Crippen LogP contribution >= 0.6 is 11.6 Å². The number of nitrogens with one attached hydrogen (secondary N) is 2. The first-order valence-electron chi connectivity index (χ1n) is 5.81. The van der Waals surface area contributed by atoms with Crippen LogP contribution in [0.25, 0.3) is 0 Å². The van der Waals surface area contributed by atoms with Crippen LogP contribution in [0.4, 0.5) is 11.5 Å². The van der Waals surface area contributed by atoms with Crippen molar-refractivity contribution in [3.63, 3.8) is 0 Å². The fourth-order valence-corrected chi connectivity index (χ4v) is 2.00. The topological polar surface area (TPSA) is 101 Å². The summed E-state index contributed by atoms with van der Waals surface area (Å²) in [6.45, 7) is 1.91. The van der Waals surface area contributed by atoms with Crippen LogP contribution in [-0.2, 0) is 6.42 Å². The molecule has 7 nitrogen and oxygen atoms in total. The largest absolute Gasteiger partial charge is 0.306 e. The predicted molar refractivity (Wildman–Crippen MR) is 74.0 cm³/mol. The first-order valence-corrected chi connectivity index (χ1v) is 6.18. The fraction of sp³-hybridized carbons (Fsp3) is 0.167. The number of aromatic nitrogens is 2. The number of carbonyl (C=O) groups excluding carboxylic acids is 1.